The molecule has 1 radical (unpaired) electrons. The molecule has 1 aromatic rings. The second-order valence-corrected chi connectivity index (χ2v) is 12.3. The van der Waals surface area contributed by atoms with Crippen molar-refractivity contribution in [2.75, 3.05) is 6.61 Å². The van der Waals surface area contributed by atoms with E-state index in [1.54, 1.807) is 12.1 Å². The lowest BCUT2D eigenvalue weighted by molar-refractivity contribution is -0.207. The molecule has 1 aliphatic heterocycles. The van der Waals surface area contributed by atoms with Crippen LogP contribution in [0.3, 0.4) is 0 Å². The number of benzene rings is 1. The lowest BCUT2D eigenvalue weighted by Crippen LogP contribution is -2.63. The zero-order valence-electron chi connectivity index (χ0n) is 22.2. The number of Topliss-reactive ketones (excluding diaryl/α,β-unsaturated/α-hetero) is 1. The minimum Gasteiger partial charge on any atom is -0.482 e. The monoisotopic (exact) mass is 511 g/mol. The minimum atomic E-state index is -0.721. The fourth-order valence-corrected chi connectivity index (χ4v) is 8.02. The van der Waals surface area contributed by atoms with Gasteiger partial charge in [0.15, 0.2) is 6.61 Å². The van der Waals surface area contributed by atoms with Crippen molar-refractivity contribution in [3.63, 3.8) is 0 Å². The summed E-state index contributed by atoms with van der Waals surface area (Å²) in [6, 6.07) is 2.88. The standard InChI is InChI=1S/C29H37BFO6/c1-6-27(4)13-23(37-24(33)15-35-18-11-20-19(14-36-30-20)21(31)12-18)28(5)16(2)7-9-29(17(3)26(27)34)10-8-22(32)25(28)29/h6,11-12,16-17,23,25-26,34H,1,7-10,13-15H2,2-5H3/t16-,17+,23-,25+,26+,27-,28+,29+/m1/s1. The summed E-state index contributed by atoms with van der Waals surface area (Å²) < 4.78 is 31.3. The molecule has 5 rings (SSSR count). The summed E-state index contributed by atoms with van der Waals surface area (Å²) in [5.74, 6) is -0.842. The van der Waals surface area contributed by atoms with Gasteiger partial charge in [-0.15, -0.1) is 6.58 Å². The van der Waals surface area contributed by atoms with Gasteiger partial charge in [-0.1, -0.05) is 33.8 Å². The van der Waals surface area contributed by atoms with Crippen LogP contribution in [-0.4, -0.2) is 43.2 Å². The van der Waals surface area contributed by atoms with Crippen LogP contribution in [0.1, 0.15) is 65.4 Å². The second kappa shape index (κ2) is 9.23. The fourth-order valence-electron chi connectivity index (χ4n) is 8.02. The molecule has 8 heteroatoms. The first kappa shape index (κ1) is 26.4. The number of hydrogen-bond donors (Lipinski definition) is 1. The number of ether oxygens (including phenoxy) is 2. The lowest BCUT2D eigenvalue weighted by atomic mass is 9.44. The molecule has 1 heterocycles. The highest BCUT2D eigenvalue weighted by Crippen LogP contribution is 2.68. The summed E-state index contributed by atoms with van der Waals surface area (Å²) in [5, 5.41) is 11.6. The number of fused-ring (bicyclic) bond motifs is 1. The van der Waals surface area contributed by atoms with Crippen molar-refractivity contribution >= 4 is 24.7 Å². The quantitative estimate of drug-likeness (QED) is 0.367. The van der Waals surface area contributed by atoms with Gasteiger partial charge in [-0.05, 0) is 54.5 Å². The Hall–Kier alpha value is -2.19. The number of halogens is 1. The van der Waals surface area contributed by atoms with Crippen molar-refractivity contribution in [3.05, 3.63) is 36.2 Å². The summed E-state index contributed by atoms with van der Waals surface area (Å²) in [4.78, 5) is 26.6. The van der Waals surface area contributed by atoms with E-state index >= 15 is 0 Å². The SMILES string of the molecule is C=C[C@]1(C)C[C@@H](OC(=O)COc2cc(F)c3c(c2)[B]OC3)[C@]2(C)[C@H](C)CC[C@]3(CCC(=O)[C@H]32)[C@@H](C)[C@@H]1O. The predicted molar refractivity (Wildman–Crippen MR) is 137 cm³/mol. The van der Waals surface area contributed by atoms with Gasteiger partial charge in [0.2, 0.25) is 0 Å². The third-order valence-electron chi connectivity index (χ3n) is 10.6. The maximum Gasteiger partial charge on any atom is 0.344 e. The van der Waals surface area contributed by atoms with Gasteiger partial charge >= 0.3 is 13.5 Å². The molecule has 3 fully saturated rings. The van der Waals surface area contributed by atoms with Crippen molar-refractivity contribution < 1.29 is 33.2 Å². The number of esters is 1. The number of ketones is 1. The Morgan fingerprint density at radius 3 is 2.81 bits per heavy atom. The summed E-state index contributed by atoms with van der Waals surface area (Å²) >= 11 is 0. The van der Waals surface area contributed by atoms with Crippen LogP contribution in [0.25, 0.3) is 0 Å². The molecule has 1 aromatic carbocycles. The lowest BCUT2D eigenvalue weighted by Gasteiger charge is -2.61. The maximum atomic E-state index is 14.4. The molecular formula is C29H37BFO6. The van der Waals surface area contributed by atoms with Crippen LogP contribution in [-0.2, 0) is 25.6 Å². The fraction of sp³-hybridized carbons (Fsp3) is 0.655. The molecule has 2 bridgehead atoms. The Morgan fingerprint density at radius 1 is 1.32 bits per heavy atom. The molecule has 1 N–H and O–H groups in total. The van der Waals surface area contributed by atoms with E-state index in [2.05, 4.69) is 27.4 Å². The van der Waals surface area contributed by atoms with E-state index in [0.717, 1.165) is 19.3 Å². The molecule has 0 amide bonds. The molecule has 3 saturated carbocycles. The van der Waals surface area contributed by atoms with Crippen LogP contribution in [0.4, 0.5) is 4.39 Å². The first-order chi connectivity index (χ1) is 17.5. The third kappa shape index (κ3) is 3.97. The van der Waals surface area contributed by atoms with Crippen molar-refractivity contribution in [2.24, 2.45) is 34.0 Å². The van der Waals surface area contributed by atoms with E-state index in [-0.39, 0.29) is 41.3 Å². The highest BCUT2D eigenvalue weighted by atomic mass is 19.1. The van der Waals surface area contributed by atoms with E-state index < -0.39 is 41.4 Å². The Balaban J connectivity index is 1.44. The van der Waals surface area contributed by atoms with E-state index in [4.69, 9.17) is 14.1 Å². The third-order valence-corrected chi connectivity index (χ3v) is 10.6. The van der Waals surface area contributed by atoms with Gasteiger partial charge < -0.3 is 19.2 Å². The molecular weight excluding hydrogens is 474 g/mol. The average Bonchev–Trinajstić information content (AvgIpc) is 3.49. The van der Waals surface area contributed by atoms with Gasteiger partial charge in [-0.2, -0.15) is 0 Å². The minimum absolute atomic E-state index is 0.0887. The smallest absolute Gasteiger partial charge is 0.344 e. The van der Waals surface area contributed by atoms with Crippen LogP contribution in [0, 0.1) is 39.8 Å². The Labute approximate surface area is 219 Å². The van der Waals surface area contributed by atoms with E-state index in [1.807, 2.05) is 6.92 Å². The van der Waals surface area contributed by atoms with Gasteiger partial charge in [0.25, 0.3) is 0 Å². The number of hydrogen-bond acceptors (Lipinski definition) is 6. The topological polar surface area (TPSA) is 82.1 Å². The number of rotatable bonds is 5. The summed E-state index contributed by atoms with van der Waals surface area (Å²) in [5.41, 5.74) is -0.569. The van der Waals surface area contributed by atoms with Crippen molar-refractivity contribution in [1.82, 2.24) is 0 Å². The van der Waals surface area contributed by atoms with Crippen molar-refractivity contribution in [3.8, 4) is 5.75 Å². The van der Waals surface area contributed by atoms with Gasteiger partial charge in [0.05, 0.1) is 12.7 Å². The normalized spacial score (nSPS) is 40.6. The number of carbonyl (C=O) groups is 2. The van der Waals surface area contributed by atoms with Crippen LogP contribution < -0.4 is 10.2 Å². The molecule has 0 unspecified atom stereocenters. The molecule has 8 atom stereocenters. The second-order valence-electron chi connectivity index (χ2n) is 12.3. The van der Waals surface area contributed by atoms with E-state index in [1.165, 1.54) is 13.5 Å². The summed E-state index contributed by atoms with van der Waals surface area (Å²) in [6.07, 6.45) is 3.81. The molecule has 6 nitrogen and oxygen atoms in total. The van der Waals surface area contributed by atoms with Gasteiger partial charge in [-0.3, -0.25) is 4.79 Å². The van der Waals surface area contributed by atoms with E-state index in [0.29, 0.717) is 23.9 Å². The highest BCUT2D eigenvalue weighted by molar-refractivity contribution is 6.49. The first-order valence-corrected chi connectivity index (χ1v) is 13.4. The van der Waals surface area contributed by atoms with Crippen LogP contribution in [0.5, 0.6) is 5.75 Å². The molecule has 4 aliphatic rings. The molecule has 3 aliphatic carbocycles. The Morgan fingerprint density at radius 2 is 2.08 bits per heavy atom. The number of carbonyl (C=O) groups excluding carboxylic acids is 2. The van der Waals surface area contributed by atoms with Crippen molar-refractivity contribution in [1.29, 1.82) is 0 Å². The van der Waals surface area contributed by atoms with Crippen LogP contribution in [0.2, 0.25) is 0 Å². The van der Waals surface area contributed by atoms with Crippen molar-refractivity contribution in [2.45, 2.75) is 78.6 Å². The zero-order chi connectivity index (χ0) is 26.8. The van der Waals surface area contributed by atoms with E-state index in [9.17, 15) is 19.1 Å². The number of aliphatic hydroxyl groups excluding tert-OH is 1. The summed E-state index contributed by atoms with van der Waals surface area (Å²) in [7, 11) is 1.47. The molecule has 0 saturated heterocycles. The molecule has 37 heavy (non-hydrogen) atoms. The predicted octanol–water partition coefficient (Wildman–Crippen LogP) is 3.89. The molecule has 0 spiro atoms. The average molecular weight is 511 g/mol. The largest absolute Gasteiger partial charge is 0.482 e. The Bertz CT molecular complexity index is 1120. The van der Waals surface area contributed by atoms with Crippen LogP contribution >= 0.6 is 0 Å². The highest BCUT2D eigenvalue weighted by Gasteiger charge is 2.68. The van der Waals surface area contributed by atoms with Gasteiger partial charge in [-0.25, -0.2) is 9.18 Å². The van der Waals surface area contributed by atoms with Gasteiger partial charge in [0.1, 0.15) is 23.5 Å². The maximum absolute atomic E-state index is 14.4. The molecule has 199 valence electrons. The van der Waals surface area contributed by atoms with Crippen LogP contribution in [0.15, 0.2) is 24.8 Å². The first-order valence-electron chi connectivity index (χ1n) is 13.4. The number of aliphatic hydroxyl groups is 1. The molecule has 0 aromatic heterocycles. The Kier molecular flexibility index (Phi) is 6.59. The zero-order valence-corrected chi connectivity index (χ0v) is 22.2. The summed E-state index contributed by atoms with van der Waals surface area (Å²) in [6.45, 7) is 12.1. The van der Waals surface area contributed by atoms with Gasteiger partial charge in [0, 0.05) is 34.8 Å².